The van der Waals surface area contributed by atoms with Crippen LogP contribution in [0.4, 0.5) is 5.69 Å². The Morgan fingerprint density at radius 2 is 1.67 bits per heavy atom. The van der Waals surface area contributed by atoms with Gasteiger partial charge in [0.1, 0.15) is 5.54 Å². The summed E-state index contributed by atoms with van der Waals surface area (Å²) in [7, 11) is 0.210. The molecule has 0 aromatic heterocycles. The van der Waals surface area contributed by atoms with E-state index < -0.39 is 27.4 Å². The van der Waals surface area contributed by atoms with Gasteiger partial charge in [-0.05, 0) is 42.3 Å². The van der Waals surface area contributed by atoms with Crippen molar-refractivity contribution in [1.29, 1.82) is 0 Å². The molecule has 2 amide bonds. The molecule has 33 heavy (non-hydrogen) atoms. The highest BCUT2D eigenvalue weighted by Crippen LogP contribution is 2.27. The summed E-state index contributed by atoms with van der Waals surface area (Å²) in [5, 5.41) is 3.45. The molecule has 10 heteroatoms. The van der Waals surface area contributed by atoms with Gasteiger partial charge in [-0.2, -0.15) is 4.31 Å². The average molecular weight is 493 g/mol. The number of halogens is 1. The summed E-state index contributed by atoms with van der Waals surface area (Å²) in [5.41, 5.74) is 1.31. The van der Waals surface area contributed by atoms with Gasteiger partial charge >= 0.3 is 0 Å². The van der Waals surface area contributed by atoms with Crippen molar-refractivity contribution in [2.45, 2.75) is 25.6 Å². The van der Waals surface area contributed by atoms with Crippen LogP contribution in [0.2, 0.25) is 5.02 Å². The maximum atomic E-state index is 13.4. The number of hydrogen-bond donors (Lipinski definition) is 1. The van der Waals surface area contributed by atoms with Gasteiger partial charge in [-0.15, -0.1) is 0 Å². The Labute approximate surface area is 200 Å². The van der Waals surface area contributed by atoms with Crippen molar-refractivity contribution in [2.75, 3.05) is 38.3 Å². The van der Waals surface area contributed by atoms with Crippen molar-refractivity contribution in [2.24, 2.45) is 0 Å². The van der Waals surface area contributed by atoms with Crippen LogP contribution in [0.15, 0.2) is 48.5 Å². The number of nitrogens with one attached hydrogen (secondary N) is 1. The molecule has 178 valence electrons. The molecule has 0 aliphatic carbocycles. The SMILES string of the molecule is CN(C)c1ccc(CN2C(=O)CN(S(C)(=O)=O)CC2(C)C(=O)NCc2ccc(Cl)cc2)cc1. The van der Waals surface area contributed by atoms with Crippen LogP contribution in [0.1, 0.15) is 18.1 Å². The van der Waals surface area contributed by atoms with E-state index in [1.807, 2.05) is 43.3 Å². The Morgan fingerprint density at radius 3 is 2.21 bits per heavy atom. The fourth-order valence-electron chi connectivity index (χ4n) is 3.74. The van der Waals surface area contributed by atoms with Gasteiger partial charge in [0.15, 0.2) is 0 Å². The molecule has 1 aliphatic heterocycles. The van der Waals surface area contributed by atoms with Crippen LogP contribution >= 0.6 is 11.6 Å². The maximum absolute atomic E-state index is 13.4. The first kappa shape index (κ1) is 25.0. The van der Waals surface area contributed by atoms with Crippen LogP contribution in [0, 0.1) is 0 Å². The number of benzene rings is 2. The molecule has 1 atom stereocenters. The number of carbonyl (C=O) groups excluding carboxylic acids is 2. The minimum atomic E-state index is -3.66. The molecular formula is C23H29ClN4O4S. The second kappa shape index (κ2) is 9.70. The van der Waals surface area contributed by atoms with Gasteiger partial charge < -0.3 is 15.1 Å². The van der Waals surface area contributed by atoms with Gasteiger partial charge in [-0.25, -0.2) is 8.42 Å². The lowest BCUT2D eigenvalue weighted by molar-refractivity contribution is -0.153. The topological polar surface area (TPSA) is 90.0 Å². The highest BCUT2D eigenvalue weighted by atomic mass is 35.5. The number of hydrogen-bond acceptors (Lipinski definition) is 5. The summed E-state index contributed by atoms with van der Waals surface area (Å²) in [5.74, 6) is -0.850. The molecule has 1 unspecified atom stereocenters. The third-order valence-corrected chi connectivity index (χ3v) is 7.26. The van der Waals surface area contributed by atoms with Crippen molar-refractivity contribution >= 4 is 39.1 Å². The first-order valence-corrected chi connectivity index (χ1v) is 12.7. The highest BCUT2D eigenvalue weighted by Gasteiger charge is 2.49. The quantitative estimate of drug-likeness (QED) is 0.639. The van der Waals surface area contributed by atoms with E-state index in [2.05, 4.69) is 5.32 Å². The molecular weight excluding hydrogens is 464 g/mol. The number of anilines is 1. The van der Waals surface area contributed by atoms with E-state index in [4.69, 9.17) is 11.6 Å². The number of nitrogens with zero attached hydrogens (tertiary/aromatic N) is 3. The predicted molar refractivity (Wildman–Crippen MR) is 129 cm³/mol. The summed E-state index contributed by atoms with van der Waals surface area (Å²) in [4.78, 5) is 29.9. The van der Waals surface area contributed by atoms with Crippen LogP contribution in [-0.4, -0.2) is 68.4 Å². The second-order valence-electron chi connectivity index (χ2n) is 8.65. The minimum absolute atomic E-state index is 0.125. The van der Waals surface area contributed by atoms with Crippen molar-refractivity contribution < 1.29 is 18.0 Å². The predicted octanol–water partition coefficient (Wildman–Crippen LogP) is 2.08. The van der Waals surface area contributed by atoms with Gasteiger partial charge in [-0.3, -0.25) is 9.59 Å². The summed E-state index contributed by atoms with van der Waals surface area (Å²) in [6.45, 7) is 1.60. The smallest absolute Gasteiger partial charge is 0.247 e. The Kier molecular flexibility index (Phi) is 7.36. The molecule has 0 spiro atoms. The van der Waals surface area contributed by atoms with Crippen molar-refractivity contribution in [1.82, 2.24) is 14.5 Å². The summed E-state index contributed by atoms with van der Waals surface area (Å²) >= 11 is 5.92. The zero-order chi connectivity index (χ0) is 24.4. The van der Waals surface area contributed by atoms with Crippen molar-refractivity contribution in [3.63, 3.8) is 0 Å². The van der Waals surface area contributed by atoms with Gasteiger partial charge in [-0.1, -0.05) is 35.9 Å². The van der Waals surface area contributed by atoms with E-state index in [0.717, 1.165) is 27.4 Å². The van der Waals surface area contributed by atoms with E-state index in [9.17, 15) is 18.0 Å². The molecule has 0 radical (unpaired) electrons. The summed E-state index contributed by atoms with van der Waals surface area (Å²) < 4.78 is 25.5. The van der Waals surface area contributed by atoms with E-state index in [0.29, 0.717) is 5.02 Å². The lowest BCUT2D eigenvalue weighted by Crippen LogP contribution is -2.69. The number of carbonyl (C=O) groups is 2. The monoisotopic (exact) mass is 492 g/mol. The molecule has 0 bridgehead atoms. The number of sulfonamides is 1. The number of amides is 2. The zero-order valence-corrected chi connectivity index (χ0v) is 20.8. The van der Waals surface area contributed by atoms with E-state index >= 15 is 0 Å². The average Bonchev–Trinajstić information content (AvgIpc) is 2.75. The van der Waals surface area contributed by atoms with E-state index in [-0.39, 0.29) is 26.2 Å². The van der Waals surface area contributed by atoms with Crippen LogP contribution in [-0.2, 0) is 32.7 Å². The third kappa shape index (κ3) is 5.85. The molecule has 1 saturated heterocycles. The van der Waals surface area contributed by atoms with Crippen LogP contribution in [0.25, 0.3) is 0 Å². The van der Waals surface area contributed by atoms with Gasteiger partial charge in [0.25, 0.3) is 0 Å². The van der Waals surface area contributed by atoms with Crippen LogP contribution in [0.3, 0.4) is 0 Å². The van der Waals surface area contributed by atoms with Gasteiger partial charge in [0.2, 0.25) is 21.8 Å². The minimum Gasteiger partial charge on any atom is -0.378 e. The van der Waals surface area contributed by atoms with E-state index in [1.165, 1.54) is 4.90 Å². The van der Waals surface area contributed by atoms with Crippen LogP contribution < -0.4 is 10.2 Å². The maximum Gasteiger partial charge on any atom is 0.247 e. The fraction of sp³-hybridized carbons (Fsp3) is 0.391. The fourth-order valence-corrected chi connectivity index (χ4v) is 4.70. The number of piperazine rings is 1. The van der Waals surface area contributed by atoms with E-state index in [1.54, 1.807) is 31.2 Å². The molecule has 0 saturated carbocycles. The molecule has 1 aliphatic rings. The zero-order valence-electron chi connectivity index (χ0n) is 19.2. The van der Waals surface area contributed by atoms with Crippen LogP contribution in [0.5, 0.6) is 0 Å². The Hall–Kier alpha value is -2.62. The lowest BCUT2D eigenvalue weighted by Gasteiger charge is -2.46. The molecule has 1 N–H and O–H groups in total. The third-order valence-electron chi connectivity index (χ3n) is 5.81. The number of rotatable bonds is 7. The standard InChI is InChI=1S/C23H29ClN4O4S/c1-23(22(30)25-13-17-5-9-19(24)10-6-17)16-27(33(4,31)32)15-21(29)28(23)14-18-7-11-20(12-8-18)26(2)3/h5-12H,13-16H2,1-4H3,(H,25,30). The van der Waals surface area contributed by atoms with Crippen molar-refractivity contribution in [3.05, 3.63) is 64.7 Å². The summed E-state index contributed by atoms with van der Waals surface area (Å²) in [6.07, 6.45) is 1.04. The molecule has 1 fully saturated rings. The Balaban J connectivity index is 1.87. The second-order valence-corrected chi connectivity index (χ2v) is 11.1. The summed E-state index contributed by atoms with van der Waals surface area (Å²) in [6, 6.07) is 14.7. The molecule has 8 nitrogen and oxygen atoms in total. The van der Waals surface area contributed by atoms with Crippen molar-refractivity contribution in [3.8, 4) is 0 Å². The largest absolute Gasteiger partial charge is 0.378 e. The lowest BCUT2D eigenvalue weighted by atomic mass is 9.94. The van der Waals surface area contributed by atoms with Gasteiger partial charge in [0, 0.05) is 44.4 Å². The first-order valence-electron chi connectivity index (χ1n) is 10.4. The Morgan fingerprint density at radius 1 is 1.09 bits per heavy atom. The molecule has 2 aromatic carbocycles. The highest BCUT2D eigenvalue weighted by molar-refractivity contribution is 7.88. The van der Waals surface area contributed by atoms with Gasteiger partial charge in [0.05, 0.1) is 12.8 Å². The molecule has 3 rings (SSSR count). The Bertz CT molecular complexity index is 1120. The molecule has 1 heterocycles. The molecule has 2 aromatic rings. The first-order chi connectivity index (χ1) is 15.4. The normalized spacial score (nSPS) is 19.4.